The maximum absolute atomic E-state index is 12.5. The second kappa shape index (κ2) is 7.90. The summed E-state index contributed by atoms with van der Waals surface area (Å²) < 4.78 is 16.4. The van der Waals surface area contributed by atoms with Crippen LogP contribution >= 0.6 is 0 Å². The van der Waals surface area contributed by atoms with Crippen LogP contribution in [0, 0.1) is 5.92 Å². The van der Waals surface area contributed by atoms with Gasteiger partial charge in [0.25, 0.3) is 0 Å². The molecule has 0 radical (unpaired) electrons. The van der Waals surface area contributed by atoms with Gasteiger partial charge in [-0.15, -0.1) is 0 Å². The van der Waals surface area contributed by atoms with E-state index in [1.807, 2.05) is 42.5 Å². The number of carbonyl (C=O) groups is 1. The zero-order valence-corrected chi connectivity index (χ0v) is 14.2. The maximum atomic E-state index is 12.5. The highest BCUT2D eigenvalue weighted by molar-refractivity contribution is 5.93. The van der Waals surface area contributed by atoms with Gasteiger partial charge in [0.1, 0.15) is 30.5 Å². The Balaban J connectivity index is 1.61. The fraction of sp³-hybridized carbons (Fsp3) is 0.316. The maximum Gasteiger partial charge on any atom is 0.231 e. The van der Waals surface area contributed by atoms with Crippen molar-refractivity contribution in [2.75, 3.05) is 32.2 Å². The first-order valence-corrected chi connectivity index (χ1v) is 8.23. The topological polar surface area (TPSA) is 82.8 Å². The third kappa shape index (κ3) is 4.22. The molecule has 0 saturated heterocycles. The van der Waals surface area contributed by atoms with Crippen LogP contribution in [0.25, 0.3) is 0 Å². The third-order valence-electron chi connectivity index (χ3n) is 4.05. The number of nitrogens with two attached hydrogens (primary N) is 1. The molecule has 0 aromatic heterocycles. The van der Waals surface area contributed by atoms with Crippen LogP contribution in [0.4, 0.5) is 5.69 Å². The molecule has 1 aliphatic heterocycles. The molecule has 1 atom stereocenters. The summed E-state index contributed by atoms with van der Waals surface area (Å²) in [5, 5.41) is 2.92. The normalized spacial score (nSPS) is 15.7. The minimum absolute atomic E-state index is 0.0657. The lowest BCUT2D eigenvalue weighted by Gasteiger charge is -2.25. The third-order valence-corrected chi connectivity index (χ3v) is 4.05. The smallest absolute Gasteiger partial charge is 0.231 e. The molecule has 3 rings (SSSR count). The van der Waals surface area contributed by atoms with E-state index in [2.05, 4.69) is 5.32 Å². The standard InChI is InChI=1S/C19H22N2O4/c1-23-17-6-7-18-13(11-17)10-14(12-25-18)19(22)21-15-2-4-16(5-3-15)24-9-8-20/h2-7,11,14H,8-10,12,20H2,1H3,(H,21,22). The van der Waals surface area contributed by atoms with Crippen molar-refractivity contribution in [2.24, 2.45) is 11.7 Å². The van der Waals surface area contributed by atoms with Crippen molar-refractivity contribution in [1.29, 1.82) is 0 Å². The molecule has 1 amide bonds. The number of rotatable bonds is 6. The summed E-state index contributed by atoms with van der Waals surface area (Å²) in [6.45, 7) is 1.29. The summed E-state index contributed by atoms with van der Waals surface area (Å²) in [4.78, 5) is 12.5. The van der Waals surface area contributed by atoms with Crippen LogP contribution in [0.15, 0.2) is 42.5 Å². The summed E-state index contributed by atoms with van der Waals surface area (Å²) in [5.74, 6) is 1.99. The van der Waals surface area contributed by atoms with E-state index >= 15 is 0 Å². The molecule has 0 bridgehead atoms. The summed E-state index contributed by atoms with van der Waals surface area (Å²) in [7, 11) is 1.62. The monoisotopic (exact) mass is 342 g/mol. The van der Waals surface area contributed by atoms with Gasteiger partial charge in [-0.2, -0.15) is 0 Å². The number of carbonyl (C=O) groups excluding carboxylic acids is 1. The Bertz CT molecular complexity index is 731. The predicted molar refractivity (Wildman–Crippen MR) is 95.3 cm³/mol. The molecule has 1 aliphatic rings. The van der Waals surface area contributed by atoms with Crippen molar-refractivity contribution in [3.8, 4) is 17.2 Å². The largest absolute Gasteiger partial charge is 0.497 e. The second-order valence-corrected chi connectivity index (χ2v) is 5.84. The summed E-state index contributed by atoms with van der Waals surface area (Å²) in [5.41, 5.74) is 7.11. The molecular formula is C19H22N2O4. The molecule has 132 valence electrons. The van der Waals surface area contributed by atoms with Crippen molar-refractivity contribution in [3.05, 3.63) is 48.0 Å². The van der Waals surface area contributed by atoms with Gasteiger partial charge in [0.15, 0.2) is 0 Å². The Kier molecular flexibility index (Phi) is 5.40. The zero-order valence-electron chi connectivity index (χ0n) is 14.2. The predicted octanol–water partition coefficient (Wildman–Crippen LogP) is 2.22. The molecule has 0 fully saturated rings. The molecule has 25 heavy (non-hydrogen) atoms. The highest BCUT2D eigenvalue weighted by Crippen LogP contribution is 2.31. The van der Waals surface area contributed by atoms with E-state index in [4.69, 9.17) is 19.9 Å². The van der Waals surface area contributed by atoms with Gasteiger partial charge in [-0.25, -0.2) is 0 Å². The van der Waals surface area contributed by atoms with Gasteiger partial charge in [-0.1, -0.05) is 0 Å². The van der Waals surface area contributed by atoms with E-state index < -0.39 is 0 Å². The SMILES string of the molecule is COc1ccc2c(c1)CC(C(=O)Nc1ccc(OCCN)cc1)CO2. The van der Waals surface area contributed by atoms with Crippen molar-refractivity contribution in [1.82, 2.24) is 0 Å². The van der Waals surface area contributed by atoms with E-state index in [-0.39, 0.29) is 11.8 Å². The summed E-state index contributed by atoms with van der Waals surface area (Å²) in [6, 6.07) is 12.9. The highest BCUT2D eigenvalue weighted by Gasteiger charge is 2.26. The number of nitrogens with one attached hydrogen (secondary N) is 1. The van der Waals surface area contributed by atoms with E-state index in [1.165, 1.54) is 0 Å². The Morgan fingerprint density at radius 2 is 2.00 bits per heavy atom. The molecule has 0 aliphatic carbocycles. The van der Waals surface area contributed by atoms with Crippen LogP contribution < -0.4 is 25.3 Å². The van der Waals surface area contributed by atoms with Crippen LogP contribution in [0.1, 0.15) is 5.56 Å². The first-order valence-electron chi connectivity index (χ1n) is 8.23. The Labute approximate surface area is 146 Å². The average Bonchev–Trinajstić information content (AvgIpc) is 2.66. The molecule has 0 spiro atoms. The van der Waals surface area contributed by atoms with Crippen LogP contribution in [0.2, 0.25) is 0 Å². The average molecular weight is 342 g/mol. The molecular weight excluding hydrogens is 320 g/mol. The Hall–Kier alpha value is -2.73. The van der Waals surface area contributed by atoms with E-state index in [9.17, 15) is 4.79 Å². The van der Waals surface area contributed by atoms with Crippen LogP contribution in [-0.4, -0.2) is 32.8 Å². The molecule has 1 unspecified atom stereocenters. The van der Waals surface area contributed by atoms with Gasteiger partial charge in [0.05, 0.1) is 13.0 Å². The van der Waals surface area contributed by atoms with Crippen molar-refractivity contribution < 1.29 is 19.0 Å². The lowest BCUT2D eigenvalue weighted by Crippen LogP contribution is -2.32. The lowest BCUT2D eigenvalue weighted by atomic mass is 9.95. The number of fused-ring (bicyclic) bond motifs is 1. The summed E-state index contributed by atoms with van der Waals surface area (Å²) >= 11 is 0. The number of hydrogen-bond acceptors (Lipinski definition) is 5. The minimum Gasteiger partial charge on any atom is -0.497 e. The van der Waals surface area contributed by atoms with Crippen LogP contribution in [-0.2, 0) is 11.2 Å². The van der Waals surface area contributed by atoms with Crippen molar-refractivity contribution in [3.63, 3.8) is 0 Å². The number of hydrogen-bond donors (Lipinski definition) is 2. The zero-order chi connectivity index (χ0) is 17.6. The number of anilines is 1. The van der Waals surface area contributed by atoms with E-state index in [1.54, 1.807) is 7.11 Å². The van der Waals surface area contributed by atoms with E-state index in [0.717, 1.165) is 28.5 Å². The number of benzene rings is 2. The second-order valence-electron chi connectivity index (χ2n) is 5.84. The highest BCUT2D eigenvalue weighted by atomic mass is 16.5. The Morgan fingerprint density at radius 1 is 1.24 bits per heavy atom. The first-order chi connectivity index (χ1) is 12.2. The summed E-state index contributed by atoms with van der Waals surface area (Å²) in [6.07, 6.45) is 0.621. The molecule has 0 saturated carbocycles. The molecule has 1 heterocycles. The molecule has 2 aromatic rings. The number of methoxy groups -OCH3 is 1. The van der Waals surface area contributed by atoms with Gasteiger partial charge in [-0.3, -0.25) is 4.79 Å². The van der Waals surface area contributed by atoms with Gasteiger partial charge in [-0.05, 0) is 54.4 Å². The fourth-order valence-corrected chi connectivity index (χ4v) is 2.72. The van der Waals surface area contributed by atoms with Gasteiger partial charge in [0, 0.05) is 12.2 Å². The van der Waals surface area contributed by atoms with Crippen LogP contribution in [0.5, 0.6) is 17.2 Å². The fourth-order valence-electron chi connectivity index (χ4n) is 2.72. The van der Waals surface area contributed by atoms with E-state index in [0.29, 0.717) is 26.2 Å². The van der Waals surface area contributed by atoms with Crippen LogP contribution in [0.3, 0.4) is 0 Å². The number of ether oxygens (including phenoxy) is 3. The quantitative estimate of drug-likeness (QED) is 0.841. The first kappa shape index (κ1) is 17.1. The number of amides is 1. The Morgan fingerprint density at radius 3 is 2.72 bits per heavy atom. The van der Waals surface area contributed by atoms with Crippen molar-refractivity contribution in [2.45, 2.75) is 6.42 Å². The molecule has 6 heteroatoms. The minimum atomic E-state index is -0.243. The van der Waals surface area contributed by atoms with Gasteiger partial charge < -0.3 is 25.3 Å². The molecule has 6 nitrogen and oxygen atoms in total. The lowest BCUT2D eigenvalue weighted by molar-refractivity contribution is -0.121. The molecule has 3 N–H and O–H groups in total. The van der Waals surface area contributed by atoms with Crippen molar-refractivity contribution >= 4 is 11.6 Å². The molecule has 2 aromatic carbocycles. The van der Waals surface area contributed by atoms with Gasteiger partial charge in [0.2, 0.25) is 5.91 Å². The van der Waals surface area contributed by atoms with Gasteiger partial charge >= 0.3 is 0 Å².